The molecule has 0 aliphatic carbocycles. The molecular formula is C18H18ClN5O4. The Labute approximate surface area is 165 Å². The van der Waals surface area contributed by atoms with Gasteiger partial charge in [0.05, 0.1) is 33.3 Å². The summed E-state index contributed by atoms with van der Waals surface area (Å²) >= 11 is 5.98. The van der Waals surface area contributed by atoms with Crippen LogP contribution in [0.2, 0.25) is 5.02 Å². The van der Waals surface area contributed by atoms with Crippen molar-refractivity contribution >= 4 is 40.6 Å². The van der Waals surface area contributed by atoms with Crippen molar-refractivity contribution in [2.45, 2.75) is 12.8 Å². The number of hydrogen-bond donors (Lipinski definition) is 2. The second-order valence-corrected chi connectivity index (χ2v) is 6.88. The van der Waals surface area contributed by atoms with Crippen molar-refractivity contribution in [3.05, 3.63) is 57.2 Å². The van der Waals surface area contributed by atoms with Gasteiger partial charge in [0.2, 0.25) is 5.91 Å². The van der Waals surface area contributed by atoms with E-state index in [1.54, 1.807) is 12.1 Å². The lowest BCUT2D eigenvalue weighted by atomic mass is 9.97. The number of nitrogens with two attached hydrogens (primary N) is 1. The van der Waals surface area contributed by atoms with Gasteiger partial charge in [0.1, 0.15) is 5.82 Å². The molecule has 3 N–H and O–H groups in total. The fourth-order valence-corrected chi connectivity index (χ4v) is 3.27. The number of piperidine rings is 1. The number of nitrogens with one attached hydrogen (secondary N) is 1. The Morgan fingerprint density at radius 1 is 1.32 bits per heavy atom. The number of nitrogens with zero attached hydrogens (tertiary/aromatic N) is 3. The standard InChI is InChI=1S/C18H18ClN5O4/c19-15-5-4-13(24(27)28)8-14(15)18(26)22-12-3-6-16(21-9-12)23-7-1-2-11(10-23)17(20)25/h3-6,8-9,11H,1-2,7,10H2,(H2,20,25)(H,22,26). The largest absolute Gasteiger partial charge is 0.369 e. The first-order valence-electron chi connectivity index (χ1n) is 8.61. The van der Waals surface area contributed by atoms with Gasteiger partial charge in [-0.2, -0.15) is 0 Å². The number of carbonyl (C=O) groups excluding carboxylic acids is 2. The lowest BCUT2D eigenvalue weighted by molar-refractivity contribution is -0.384. The summed E-state index contributed by atoms with van der Waals surface area (Å²) < 4.78 is 0. The number of anilines is 2. The number of rotatable bonds is 5. The van der Waals surface area contributed by atoms with Gasteiger partial charge in [-0.05, 0) is 31.0 Å². The molecule has 0 saturated carbocycles. The smallest absolute Gasteiger partial charge is 0.270 e. The van der Waals surface area contributed by atoms with E-state index in [9.17, 15) is 19.7 Å². The van der Waals surface area contributed by atoms with Crippen LogP contribution in [0.25, 0.3) is 0 Å². The number of nitro groups is 1. The molecule has 146 valence electrons. The van der Waals surface area contributed by atoms with Crippen molar-refractivity contribution in [3.63, 3.8) is 0 Å². The molecule has 1 atom stereocenters. The zero-order chi connectivity index (χ0) is 20.3. The maximum atomic E-state index is 12.4. The molecule has 0 bridgehead atoms. The van der Waals surface area contributed by atoms with Gasteiger partial charge >= 0.3 is 0 Å². The molecule has 1 aromatic heterocycles. The number of primary amides is 1. The Balaban J connectivity index is 1.71. The highest BCUT2D eigenvalue weighted by atomic mass is 35.5. The number of non-ortho nitro benzene ring substituents is 1. The van der Waals surface area contributed by atoms with E-state index in [2.05, 4.69) is 10.3 Å². The van der Waals surface area contributed by atoms with Crippen LogP contribution in [0.5, 0.6) is 0 Å². The van der Waals surface area contributed by atoms with Crippen LogP contribution in [0.1, 0.15) is 23.2 Å². The highest BCUT2D eigenvalue weighted by Crippen LogP contribution is 2.25. The molecule has 2 amide bonds. The molecule has 0 spiro atoms. The second-order valence-electron chi connectivity index (χ2n) is 6.47. The summed E-state index contributed by atoms with van der Waals surface area (Å²) in [6, 6.07) is 7.06. The average Bonchev–Trinajstić information content (AvgIpc) is 2.68. The van der Waals surface area contributed by atoms with Crippen LogP contribution in [0, 0.1) is 16.0 Å². The van der Waals surface area contributed by atoms with Crippen LogP contribution >= 0.6 is 11.6 Å². The number of carbonyl (C=O) groups is 2. The minimum absolute atomic E-state index is 0.000253. The summed E-state index contributed by atoms with van der Waals surface area (Å²) in [6.45, 7) is 1.28. The molecule has 1 aromatic carbocycles. The molecule has 1 fully saturated rings. The predicted octanol–water partition coefficient (Wildman–Crippen LogP) is 2.60. The number of amides is 2. The predicted molar refractivity (Wildman–Crippen MR) is 104 cm³/mol. The van der Waals surface area contributed by atoms with E-state index in [-0.39, 0.29) is 28.1 Å². The van der Waals surface area contributed by atoms with Gasteiger partial charge in [0, 0.05) is 25.2 Å². The van der Waals surface area contributed by atoms with Crippen LogP contribution in [-0.4, -0.2) is 34.8 Å². The van der Waals surface area contributed by atoms with Crippen LogP contribution in [0.3, 0.4) is 0 Å². The van der Waals surface area contributed by atoms with Crippen LogP contribution in [0.15, 0.2) is 36.5 Å². The second kappa shape index (κ2) is 8.22. The third kappa shape index (κ3) is 4.37. The topological polar surface area (TPSA) is 131 Å². The Hall–Kier alpha value is -3.20. The number of hydrogen-bond acceptors (Lipinski definition) is 6. The minimum Gasteiger partial charge on any atom is -0.369 e. The van der Waals surface area contributed by atoms with E-state index >= 15 is 0 Å². The van der Waals surface area contributed by atoms with E-state index in [1.165, 1.54) is 18.3 Å². The van der Waals surface area contributed by atoms with Gasteiger partial charge in [0.25, 0.3) is 11.6 Å². The molecule has 1 aliphatic heterocycles. The van der Waals surface area contributed by atoms with Crippen molar-refractivity contribution in [1.29, 1.82) is 0 Å². The number of benzene rings is 1. The molecule has 28 heavy (non-hydrogen) atoms. The molecular weight excluding hydrogens is 386 g/mol. The third-order valence-electron chi connectivity index (χ3n) is 4.56. The normalized spacial score (nSPS) is 16.5. The Morgan fingerprint density at radius 2 is 2.11 bits per heavy atom. The first kappa shape index (κ1) is 19.6. The lowest BCUT2D eigenvalue weighted by Crippen LogP contribution is -2.41. The highest BCUT2D eigenvalue weighted by Gasteiger charge is 2.24. The van der Waals surface area contributed by atoms with E-state index in [4.69, 9.17) is 17.3 Å². The first-order valence-corrected chi connectivity index (χ1v) is 8.98. The van der Waals surface area contributed by atoms with E-state index < -0.39 is 10.8 Å². The summed E-state index contributed by atoms with van der Waals surface area (Å²) in [5, 5.41) is 13.6. The third-order valence-corrected chi connectivity index (χ3v) is 4.89. The van der Waals surface area contributed by atoms with Gasteiger partial charge in [-0.25, -0.2) is 4.98 Å². The Morgan fingerprint density at radius 3 is 2.75 bits per heavy atom. The first-order chi connectivity index (χ1) is 13.3. The Bertz CT molecular complexity index is 919. The highest BCUT2D eigenvalue weighted by molar-refractivity contribution is 6.34. The monoisotopic (exact) mass is 403 g/mol. The van der Waals surface area contributed by atoms with Crippen molar-refractivity contribution in [2.24, 2.45) is 11.7 Å². The maximum Gasteiger partial charge on any atom is 0.270 e. The number of halogens is 1. The SMILES string of the molecule is NC(=O)C1CCCN(c2ccc(NC(=O)c3cc([N+](=O)[O-])ccc3Cl)cn2)C1. The fourth-order valence-electron chi connectivity index (χ4n) is 3.06. The van der Waals surface area contributed by atoms with E-state index in [0.29, 0.717) is 18.1 Å². The molecule has 3 rings (SSSR count). The van der Waals surface area contributed by atoms with E-state index in [0.717, 1.165) is 25.5 Å². The molecule has 10 heteroatoms. The summed E-state index contributed by atoms with van der Waals surface area (Å²) in [5.41, 5.74) is 5.59. The zero-order valence-electron chi connectivity index (χ0n) is 14.8. The lowest BCUT2D eigenvalue weighted by Gasteiger charge is -2.32. The van der Waals surface area contributed by atoms with Gasteiger partial charge < -0.3 is 16.0 Å². The van der Waals surface area contributed by atoms with Gasteiger partial charge in [0.15, 0.2) is 0 Å². The molecule has 2 heterocycles. The average molecular weight is 404 g/mol. The summed E-state index contributed by atoms with van der Waals surface area (Å²) in [7, 11) is 0. The molecule has 1 unspecified atom stereocenters. The molecule has 1 aliphatic rings. The summed E-state index contributed by atoms with van der Waals surface area (Å²) in [4.78, 5) is 40.4. The summed E-state index contributed by atoms with van der Waals surface area (Å²) in [6.07, 6.45) is 3.09. The minimum atomic E-state index is -0.596. The van der Waals surface area contributed by atoms with Crippen molar-refractivity contribution in [3.8, 4) is 0 Å². The molecule has 1 saturated heterocycles. The zero-order valence-corrected chi connectivity index (χ0v) is 15.6. The summed E-state index contributed by atoms with van der Waals surface area (Å²) in [5.74, 6) is -0.416. The maximum absolute atomic E-state index is 12.4. The quantitative estimate of drug-likeness (QED) is 0.582. The van der Waals surface area contributed by atoms with Crippen LogP contribution < -0.4 is 16.0 Å². The number of nitro benzene ring substituents is 1. The van der Waals surface area contributed by atoms with Gasteiger partial charge in [-0.1, -0.05) is 11.6 Å². The van der Waals surface area contributed by atoms with Crippen molar-refractivity contribution < 1.29 is 14.5 Å². The molecule has 2 aromatic rings. The Kier molecular flexibility index (Phi) is 5.74. The van der Waals surface area contributed by atoms with Crippen molar-refractivity contribution in [1.82, 2.24) is 4.98 Å². The van der Waals surface area contributed by atoms with Gasteiger partial charge in [-0.3, -0.25) is 19.7 Å². The van der Waals surface area contributed by atoms with Crippen molar-refractivity contribution in [2.75, 3.05) is 23.3 Å². The number of aromatic nitrogens is 1. The van der Waals surface area contributed by atoms with E-state index in [1.807, 2.05) is 4.90 Å². The van der Waals surface area contributed by atoms with Crippen LogP contribution in [-0.2, 0) is 4.79 Å². The van der Waals surface area contributed by atoms with Crippen LogP contribution in [0.4, 0.5) is 17.2 Å². The fraction of sp³-hybridized carbons (Fsp3) is 0.278. The molecule has 9 nitrogen and oxygen atoms in total. The molecule has 0 radical (unpaired) electrons. The number of pyridine rings is 1. The van der Waals surface area contributed by atoms with Gasteiger partial charge in [-0.15, -0.1) is 0 Å².